The smallest absolute Gasteiger partial charge is 0.255 e. The Bertz CT molecular complexity index is 414. The van der Waals surface area contributed by atoms with Gasteiger partial charge in [-0.1, -0.05) is 46.4 Å². The Morgan fingerprint density at radius 3 is 1.73 bits per heavy atom. The lowest BCUT2D eigenvalue weighted by molar-refractivity contribution is -0.106. The summed E-state index contributed by atoms with van der Waals surface area (Å²) in [5.41, 5.74) is 0.358. The Morgan fingerprint density at radius 2 is 1.40 bits per heavy atom. The molecule has 0 spiro atoms. The van der Waals surface area contributed by atoms with E-state index in [9.17, 15) is 4.79 Å². The first-order valence-electron chi connectivity index (χ1n) is 3.63. The second-order valence-corrected chi connectivity index (χ2v) is 4.73. The molecular weight excluding hydrogens is 301 g/mol. The number of hydrogen-bond donors (Lipinski definition) is 0. The molecule has 0 atom stereocenters. The molecule has 0 unspecified atom stereocenters. The third-order valence-corrected chi connectivity index (χ3v) is 2.54. The zero-order valence-corrected chi connectivity index (χ0v) is 10.8. The van der Waals surface area contributed by atoms with E-state index in [4.69, 9.17) is 58.0 Å². The van der Waals surface area contributed by atoms with Gasteiger partial charge in [-0.15, -0.1) is 0 Å². The third kappa shape index (κ3) is 3.54. The van der Waals surface area contributed by atoms with Crippen molar-refractivity contribution in [3.63, 3.8) is 0 Å². The van der Waals surface area contributed by atoms with Gasteiger partial charge in [-0.3, -0.25) is 4.79 Å². The van der Waals surface area contributed by atoms with Crippen LogP contribution in [0.1, 0.15) is 5.56 Å². The van der Waals surface area contributed by atoms with Gasteiger partial charge in [0.1, 0.15) is 4.49 Å². The minimum absolute atomic E-state index is 0.0237. The molecule has 0 amide bonds. The molecule has 1 rings (SSSR count). The van der Waals surface area contributed by atoms with E-state index in [1.165, 1.54) is 18.2 Å². The van der Waals surface area contributed by atoms with Crippen LogP contribution in [0.25, 0.3) is 5.57 Å². The van der Waals surface area contributed by atoms with E-state index in [0.29, 0.717) is 15.6 Å². The van der Waals surface area contributed by atoms with Crippen LogP contribution in [0.4, 0.5) is 0 Å². The molecule has 0 aromatic heterocycles. The standard InChI is InChI=1S/C9H3Cl5O/c10-5-1-4(2-6(11)3-5)7(8(12)13)9(14)15/h1-3H. The van der Waals surface area contributed by atoms with E-state index in [0.717, 1.165) is 0 Å². The zero-order chi connectivity index (χ0) is 11.6. The summed E-state index contributed by atoms with van der Waals surface area (Å²) in [6, 6.07) is 4.51. The highest BCUT2D eigenvalue weighted by Crippen LogP contribution is 2.30. The van der Waals surface area contributed by atoms with Crippen molar-refractivity contribution in [2.75, 3.05) is 0 Å². The molecule has 0 aliphatic carbocycles. The van der Waals surface area contributed by atoms with Crippen LogP contribution in [-0.4, -0.2) is 5.24 Å². The molecule has 0 aliphatic rings. The summed E-state index contributed by atoms with van der Waals surface area (Å²) < 4.78 is -0.228. The van der Waals surface area contributed by atoms with Crippen LogP contribution in [0.5, 0.6) is 0 Å². The maximum absolute atomic E-state index is 11.1. The van der Waals surface area contributed by atoms with Gasteiger partial charge in [0.2, 0.25) is 0 Å². The molecule has 0 heterocycles. The van der Waals surface area contributed by atoms with Crippen LogP contribution < -0.4 is 0 Å². The lowest BCUT2D eigenvalue weighted by atomic mass is 10.1. The molecule has 0 N–H and O–H groups in total. The van der Waals surface area contributed by atoms with Gasteiger partial charge in [-0.25, -0.2) is 0 Å². The monoisotopic (exact) mass is 302 g/mol. The molecule has 0 radical (unpaired) electrons. The van der Waals surface area contributed by atoms with Crippen molar-refractivity contribution in [2.45, 2.75) is 0 Å². The average Bonchev–Trinajstić information content (AvgIpc) is 1.99. The highest BCUT2D eigenvalue weighted by molar-refractivity contribution is 6.78. The number of benzene rings is 1. The minimum Gasteiger partial charge on any atom is -0.275 e. The SMILES string of the molecule is O=C(Cl)C(=C(Cl)Cl)c1cc(Cl)cc(Cl)c1. The Labute approximate surface area is 112 Å². The first kappa shape index (κ1) is 13.1. The lowest BCUT2D eigenvalue weighted by Gasteiger charge is -2.04. The van der Waals surface area contributed by atoms with Crippen LogP contribution in [0, 0.1) is 0 Å². The molecule has 80 valence electrons. The Morgan fingerprint density at radius 1 is 0.933 bits per heavy atom. The van der Waals surface area contributed by atoms with Gasteiger partial charge in [-0.05, 0) is 35.4 Å². The highest BCUT2D eigenvalue weighted by atomic mass is 35.5. The second-order valence-electron chi connectivity index (χ2n) is 2.57. The van der Waals surface area contributed by atoms with Gasteiger partial charge in [0.25, 0.3) is 5.24 Å². The fraction of sp³-hybridized carbons (Fsp3) is 0. The molecule has 1 aromatic carbocycles. The molecule has 1 aromatic rings. The van der Waals surface area contributed by atoms with Crippen molar-refractivity contribution >= 4 is 68.8 Å². The topological polar surface area (TPSA) is 17.1 Å². The van der Waals surface area contributed by atoms with E-state index < -0.39 is 5.24 Å². The quantitative estimate of drug-likeness (QED) is 0.561. The van der Waals surface area contributed by atoms with E-state index >= 15 is 0 Å². The maximum atomic E-state index is 11.1. The third-order valence-electron chi connectivity index (χ3n) is 1.54. The number of carbonyl (C=O) groups excluding carboxylic acids is 1. The summed E-state index contributed by atoms with van der Waals surface area (Å²) >= 11 is 27.9. The second kappa shape index (κ2) is 5.42. The number of allylic oxidation sites excluding steroid dienone is 1. The summed E-state index contributed by atoms with van der Waals surface area (Å²) in [6.45, 7) is 0. The van der Waals surface area contributed by atoms with E-state index in [2.05, 4.69) is 0 Å². The van der Waals surface area contributed by atoms with Gasteiger partial charge in [0.05, 0.1) is 5.57 Å². The minimum atomic E-state index is -0.770. The summed E-state index contributed by atoms with van der Waals surface area (Å²) in [6.07, 6.45) is 0. The van der Waals surface area contributed by atoms with Crippen molar-refractivity contribution in [1.82, 2.24) is 0 Å². The van der Waals surface area contributed by atoms with Gasteiger partial charge < -0.3 is 0 Å². The first-order chi connectivity index (χ1) is 6.91. The van der Waals surface area contributed by atoms with Gasteiger partial charge >= 0.3 is 0 Å². The lowest BCUT2D eigenvalue weighted by Crippen LogP contribution is -1.94. The molecule has 15 heavy (non-hydrogen) atoms. The van der Waals surface area contributed by atoms with Crippen molar-refractivity contribution < 1.29 is 4.79 Å². The summed E-state index contributed by atoms with van der Waals surface area (Å²) in [5, 5.41) is -0.0432. The fourth-order valence-electron chi connectivity index (χ4n) is 0.995. The predicted octanol–water partition coefficient (Wildman–Crippen LogP) is 4.91. The number of carbonyl (C=O) groups is 1. The Kier molecular flexibility index (Phi) is 4.75. The Balaban J connectivity index is 3.37. The highest BCUT2D eigenvalue weighted by Gasteiger charge is 2.14. The van der Waals surface area contributed by atoms with Crippen molar-refractivity contribution in [2.24, 2.45) is 0 Å². The zero-order valence-electron chi connectivity index (χ0n) is 7.03. The summed E-state index contributed by atoms with van der Waals surface area (Å²) in [5.74, 6) is 0. The van der Waals surface area contributed by atoms with Crippen LogP contribution in [0.3, 0.4) is 0 Å². The molecule has 0 fully saturated rings. The van der Waals surface area contributed by atoms with Crippen molar-refractivity contribution in [3.8, 4) is 0 Å². The maximum Gasteiger partial charge on any atom is 0.255 e. The molecular formula is C9H3Cl5O. The van der Waals surface area contributed by atoms with Crippen molar-refractivity contribution in [1.29, 1.82) is 0 Å². The van der Waals surface area contributed by atoms with Gasteiger partial charge in [0.15, 0.2) is 0 Å². The van der Waals surface area contributed by atoms with E-state index in [1.807, 2.05) is 0 Å². The van der Waals surface area contributed by atoms with Crippen LogP contribution in [0.2, 0.25) is 10.0 Å². The first-order valence-corrected chi connectivity index (χ1v) is 5.52. The van der Waals surface area contributed by atoms with Gasteiger partial charge in [-0.2, -0.15) is 0 Å². The molecule has 1 nitrogen and oxygen atoms in total. The van der Waals surface area contributed by atoms with Crippen LogP contribution in [-0.2, 0) is 4.79 Å². The number of rotatable bonds is 2. The molecule has 0 saturated carbocycles. The van der Waals surface area contributed by atoms with Crippen LogP contribution in [0.15, 0.2) is 22.7 Å². The molecule has 6 heteroatoms. The molecule has 0 saturated heterocycles. The van der Waals surface area contributed by atoms with Crippen molar-refractivity contribution in [3.05, 3.63) is 38.3 Å². The average molecular weight is 304 g/mol. The number of hydrogen-bond acceptors (Lipinski definition) is 1. The Hall–Kier alpha value is 0.0800. The fourth-order valence-corrected chi connectivity index (χ4v) is 2.21. The number of halogens is 5. The normalized spacial score (nSPS) is 9.93. The van der Waals surface area contributed by atoms with E-state index in [-0.39, 0.29) is 10.1 Å². The largest absolute Gasteiger partial charge is 0.275 e. The van der Waals surface area contributed by atoms with Crippen LogP contribution >= 0.6 is 58.0 Å². The van der Waals surface area contributed by atoms with Gasteiger partial charge in [0, 0.05) is 10.0 Å². The summed E-state index contributed by atoms with van der Waals surface area (Å²) in [4.78, 5) is 11.1. The molecule has 0 bridgehead atoms. The predicted molar refractivity (Wildman–Crippen MR) is 65.9 cm³/mol. The van der Waals surface area contributed by atoms with E-state index in [1.54, 1.807) is 0 Å². The summed E-state index contributed by atoms with van der Waals surface area (Å²) in [7, 11) is 0. The molecule has 0 aliphatic heterocycles.